The van der Waals surface area contributed by atoms with E-state index in [1.165, 1.54) is 0 Å². The number of hydrogen-bond donors (Lipinski definition) is 0. The molecule has 5 heteroatoms. The van der Waals surface area contributed by atoms with Gasteiger partial charge >= 0.3 is 0 Å². The molecule has 0 saturated heterocycles. The van der Waals surface area contributed by atoms with Crippen LogP contribution in [0.4, 0.5) is 0 Å². The molecule has 1 heterocycles. The Kier molecular flexibility index (Phi) is 6.74. The molecule has 1 aromatic heterocycles. The van der Waals surface area contributed by atoms with Crippen LogP contribution in [0.5, 0.6) is 0 Å². The Labute approximate surface area is 180 Å². The van der Waals surface area contributed by atoms with Gasteiger partial charge in [-0.2, -0.15) is 4.31 Å². The first-order chi connectivity index (χ1) is 14.2. The molecule has 0 radical (unpaired) electrons. The van der Waals surface area contributed by atoms with Gasteiger partial charge in [0.25, 0.3) is 0 Å². The predicted molar refractivity (Wildman–Crippen MR) is 122 cm³/mol. The minimum atomic E-state index is -3.70. The number of nitrogens with zero attached hydrogens (tertiary/aromatic N) is 2. The average Bonchev–Trinajstić information content (AvgIpc) is 2.75. The molecule has 0 atom stereocenters. The van der Waals surface area contributed by atoms with Gasteiger partial charge in [0.1, 0.15) is 0 Å². The van der Waals surface area contributed by atoms with Crippen molar-refractivity contribution < 1.29 is 8.42 Å². The van der Waals surface area contributed by atoms with Crippen molar-refractivity contribution in [3.05, 3.63) is 93.8 Å². The summed E-state index contributed by atoms with van der Waals surface area (Å²) in [7, 11) is -3.70. The number of benzene rings is 2. The third-order valence-electron chi connectivity index (χ3n) is 6.09. The summed E-state index contributed by atoms with van der Waals surface area (Å²) in [5.74, 6) is 0. The summed E-state index contributed by atoms with van der Waals surface area (Å²) in [4.78, 5) is 4.81. The first-order valence-electron chi connectivity index (χ1n) is 10.2. The van der Waals surface area contributed by atoms with Gasteiger partial charge < -0.3 is 0 Å². The van der Waals surface area contributed by atoms with Crippen LogP contribution in [0.3, 0.4) is 0 Å². The van der Waals surface area contributed by atoms with E-state index in [1.807, 2.05) is 76.2 Å². The van der Waals surface area contributed by atoms with E-state index in [0.29, 0.717) is 17.9 Å². The van der Waals surface area contributed by atoms with Crippen molar-refractivity contribution in [3.63, 3.8) is 0 Å². The average molecular weight is 423 g/mol. The van der Waals surface area contributed by atoms with Gasteiger partial charge in [0.05, 0.1) is 17.1 Å². The van der Waals surface area contributed by atoms with E-state index in [2.05, 4.69) is 11.9 Å². The third-order valence-corrected chi connectivity index (χ3v) is 8.21. The quantitative estimate of drug-likeness (QED) is 0.535. The van der Waals surface area contributed by atoms with Gasteiger partial charge in [-0.15, -0.1) is 0 Å². The molecule has 3 aromatic rings. The van der Waals surface area contributed by atoms with Crippen LogP contribution < -0.4 is 0 Å². The molecular formula is C25H30N2O2S. The molecule has 0 aliphatic heterocycles. The van der Waals surface area contributed by atoms with Gasteiger partial charge in [-0.3, -0.25) is 4.98 Å². The minimum Gasteiger partial charge on any atom is -0.260 e. The fourth-order valence-electron chi connectivity index (χ4n) is 3.84. The molecule has 0 spiro atoms. The van der Waals surface area contributed by atoms with E-state index in [1.54, 1.807) is 10.5 Å². The maximum absolute atomic E-state index is 13.9. The zero-order chi connectivity index (χ0) is 21.9. The lowest BCUT2D eigenvalue weighted by Gasteiger charge is -2.26. The van der Waals surface area contributed by atoms with Crippen molar-refractivity contribution in [3.8, 4) is 0 Å². The summed E-state index contributed by atoms with van der Waals surface area (Å²) in [6.45, 7) is 10.5. The molecule has 4 nitrogen and oxygen atoms in total. The Bertz CT molecular complexity index is 1100. The summed E-state index contributed by atoms with van der Waals surface area (Å²) < 4.78 is 29.4. The van der Waals surface area contributed by atoms with E-state index >= 15 is 0 Å². The fourth-order valence-corrected chi connectivity index (χ4v) is 5.81. The molecule has 0 amide bonds. The molecule has 158 valence electrons. The normalized spacial score (nSPS) is 11.8. The van der Waals surface area contributed by atoms with Gasteiger partial charge in [-0.05, 0) is 86.6 Å². The summed E-state index contributed by atoms with van der Waals surface area (Å²) in [5, 5.41) is 0. The molecule has 0 bridgehead atoms. The second-order valence-corrected chi connectivity index (χ2v) is 9.72. The van der Waals surface area contributed by atoms with Crippen molar-refractivity contribution in [1.29, 1.82) is 0 Å². The van der Waals surface area contributed by atoms with E-state index in [0.717, 1.165) is 39.1 Å². The van der Waals surface area contributed by atoms with Crippen molar-refractivity contribution in [2.45, 2.75) is 52.5 Å². The lowest BCUT2D eigenvalue weighted by Crippen LogP contribution is -2.34. The maximum Gasteiger partial charge on any atom is 0.243 e. The van der Waals surface area contributed by atoms with E-state index in [9.17, 15) is 8.42 Å². The molecule has 0 saturated carbocycles. The van der Waals surface area contributed by atoms with Crippen LogP contribution in [0.2, 0.25) is 0 Å². The molecule has 3 rings (SSSR count). The van der Waals surface area contributed by atoms with Crippen LogP contribution in [0.25, 0.3) is 0 Å². The largest absolute Gasteiger partial charge is 0.260 e. The fraction of sp³-hybridized carbons (Fsp3) is 0.320. The lowest BCUT2D eigenvalue weighted by molar-refractivity contribution is 0.404. The Morgan fingerprint density at radius 1 is 0.767 bits per heavy atom. The monoisotopic (exact) mass is 422 g/mol. The second kappa shape index (κ2) is 9.11. The van der Waals surface area contributed by atoms with Crippen molar-refractivity contribution >= 4 is 10.0 Å². The highest BCUT2D eigenvalue weighted by molar-refractivity contribution is 7.89. The Morgan fingerprint density at radius 2 is 1.33 bits per heavy atom. The SMILES string of the molecule is Cc1c(C)c(C)c(S(=O)(=O)N(CCc2ccccc2)Cc2ccccn2)c(C)c1C. The third kappa shape index (κ3) is 4.47. The van der Waals surface area contributed by atoms with Crippen LogP contribution in [-0.2, 0) is 23.0 Å². The standard InChI is InChI=1S/C25H30N2O2S/c1-18-19(2)21(4)25(22(5)20(18)3)30(28,29)27(17-24-13-9-10-15-26-24)16-14-23-11-7-6-8-12-23/h6-13,15H,14,16-17H2,1-5H3. The topological polar surface area (TPSA) is 50.3 Å². The summed E-state index contributed by atoms with van der Waals surface area (Å²) in [6, 6.07) is 15.6. The maximum atomic E-state index is 13.9. The number of rotatable bonds is 7. The Morgan fingerprint density at radius 3 is 1.90 bits per heavy atom. The highest BCUT2D eigenvalue weighted by Crippen LogP contribution is 2.32. The Hall–Kier alpha value is -2.50. The van der Waals surface area contributed by atoms with E-state index in [4.69, 9.17) is 0 Å². The molecule has 0 aliphatic rings. The molecular weight excluding hydrogens is 392 g/mol. The van der Waals surface area contributed by atoms with Crippen LogP contribution in [0.15, 0.2) is 59.6 Å². The van der Waals surface area contributed by atoms with Crippen LogP contribution in [0.1, 0.15) is 39.1 Å². The van der Waals surface area contributed by atoms with Crippen LogP contribution in [0, 0.1) is 34.6 Å². The summed E-state index contributed by atoms with van der Waals surface area (Å²) in [5.41, 5.74) is 6.76. The lowest BCUT2D eigenvalue weighted by atomic mass is 9.95. The number of hydrogen-bond acceptors (Lipinski definition) is 3. The minimum absolute atomic E-state index is 0.251. The highest BCUT2D eigenvalue weighted by Gasteiger charge is 2.30. The zero-order valence-corrected chi connectivity index (χ0v) is 19.3. The van der Waals surface area contributed by atoms with Gasteiger partial charge in [0, 0.05) is 12.7 Å². The molecule has 0 aliphatic carbocycles. The number of aromatic nitrogens is 1. The van der Waals surface area contributed by atoms with Crippen molar-refractivity contribution in [2.75, 3.05) is 6.54 Å². The molecule has 0 N–H and O–H groups in total. The van der Waals surface area contributed by atoms with Gasteiger partial charge in [-0.25, -0.2) is 8.42 Å². The highest BCUT2D eigenvalue weighted by atomic mass is 32.2. The smallest absolute Gasteiger partial charge is 0.243 e. The molecule has 2 aromatic carbocycles. The molecule has 30 heavy (non-hydrogen) atoms. The summed E-state index contributed by atoms with van der Waals surface area (Å²) >= 11 is 0. The zero-order valence-electron chi connectivity index (χ0n) is 18.4. The van der Waals surface area contributed by atoms with Gasteiger partial charge in [0.15, 0.2) is 0 Å². The molecule has 0 fully saturated rings. The van der Waals surface area contributed by atoms with Crippen LogP contribution in [-0.4, -0.2) is 24.3 Å². The molecule has 0 unspecified atom stereocenters. The van der Waals surface area contributed by atoms with Crippen molar-refractivity contribution in [2.24, 2.45) is 0 Å². The van der Waals surface area contributed by atoms with Crippen molar-refractivity contribution in [1.82, 2.24) is 9.29 Å². The van der Waals surface area contributed by atoms with E-state index in [-0.39, 0.29) is 6.54 Å². The predicted octanol–water partition coefficient (Wildman–Crippen LogP) is 5.06. The second-order valence-electron chi connectivity index (χ2n) is 7.85. The summed E-state index contributed by atoms with van der Waals surface area (Å²) in [6.07, 6.45) is 2.35. The van der Waals surface area contributed by atoms with Crippen LogP contribution >= 0.6 is 0 Å². The number of pyridine rings is 1. The van der Waals surface area contributed by atoms with Gasteiger partial charge in [0.2, 0.25) is 10.0 Å². The van der Waals surface area contributed by atoms with E-state index < -0.39 is 10.0 Å². The first kappa shape index (κ1) is 22.2. The Balaban J connectivity index is 2.05. The van der Waals surface area contributed by atoms with Gasteiger partial charge in [-0.1, -0.05) is 36.4 Å². The number of sulfonamides is 1. The first-order valence-corrected chi connectivity index (χ1v) is 11.7.